The molecule has 3 atom stereocenters. The minimum atomic E-state index is -0.778. The maximum Gasteiger partial charge on any atom is 0.306 e. The number of carboxylic acids is 1. The molecule has 2 aromatic carbocycles. The molecule has 0 spiro atoms. The number of carbonyl (C=O) groups excluding carboxylic acids is 3. The summed E-state index contributed by atoms with van der Waals surface area (Å²) in [4.78, 5) is 57.0. The lowest BCUT2D eigenvalue weighted by molar-refractivity contribution is -0.144. The zero-order valence-corrected chi connectivity index (χ0v) is 29.3. The summed E-state index contributed by atoms with van der Waals surface area (Å²) in [7, 11) is 3.50. The van der Waals surface area contributed by atoms with Crippen molar-refractivity contribution in [3.8, 4) is 0 Å². The average Bonchev–Trinajstić information content (AvgIpc) is 3.84. The first-order valence-corrected chi connectivity index (χ1v) is 18.1. The van der Waals surface area contributed by atoms with Crippen molar-refractivity contribution in [2.75, 3.05) is 39.1 Å². The minimum Gasteiger partial charge on any atom is -0.481 e. The summed E-state index contributed by atoms with van der Waals surface area (Å²) in [6.07, 6.45) is 4.32. The summed E-state index contributed by atoms with van der Waals surface area (Å²) in [5.41, 5.74) is 0.702. The summed E-state index contributed by atoms with van der Waals surface area (Å²) in [5, 5.41) is 14.8. The molecule has 3 amide bonds. The first-order chi connectivity index (χ1) is 23.5. The number of rotatable bonds is 10. The van der Waals surface area contributed by atoms with Crippen LogP contribution in [0.25, 0.3) is 10.1 Å². The number of halogens is 2. The number of hydrogen-bond acceptors (Lipinski definition) is 7. The third-order valence-corrected chi connectivity index (χ3v) is 11.5. The molecule has 49 heavy (non-hydrogen) atoms. The third-order valence-electron chi connectivity index (χ3n) is 10.2. The van der Waals surface area contributed by atoms with Crippen LogP contribution in [0.4, 0.5) is 10.1 Å². The fourth-order valence-corrected chi connectivity index (χ4v) is 8.71. The van der Waals surface area contributed by atoms with Gasteiger partial charge in [0.2, 0.25) is 11.8 Å². The van der Waals surface area contributed by atoms with E-state index in [2.05, 4.69) is 10.2 Å². The Bertz CT molecular complexity index is 1730. The van der Waals surface area contributed by atoms with Gasteiger partial charge in [-0.15, -0.1) is 11.3 Å². The van der Waals surface area contributed by atoms with Gasteiger partial charge in [0.15, 0.2) is 0 Å². The number of thiophene rings is 1. The number of likely N-dealkylation sites (N-methyl/N-ethyl adjacent to an activating group) is 1. The molecule has 1 saturated carbocycles. The van der Waals surface area contributed by atoms with Crippen molar-refractivity contribution in [2.45, 2.75) is 75.6 Å². The van der Waals surface area contributed by atoms with E-state index in [0.717, 1.165) is 35.5 Å². The highest BCUT2D eigenvalue weighted by Crippen LogP contribution is 2.34. The van der Waals surface area contributed by atoms with Gasteiger partial charge in [-0.25, -0.2) is 4.39 Å². The van der Waals surface area contributed by atoms with Gasteiger partial charge in [0.05, 0.1) is 53.4 Å². The number of nitrogens with zero attached hydrogens (tertiary/aromatic N) is 3. The number of hydrogen-bond donors (Lipinski definition) is 2. The normalized spacial score (nSPS) is 24.3. The van der Waals surface area contributed by atoms with Gasteiger partial charge in [0.25, 0.3) is 5.91 Å². The Kier molecular flexibility index (Phi) is 10.9. The van der Waals surface area contributed by atoms with Gasteiger partial charge in [0, 0.05) is 42.1 Å². The van der Waals surface area contributed by atoms with Crippen molar-refractivity contribution >= 4 is 62.4 Å². The van der Waals surface area contributed by atoms with E-state index in [1.165, 1.54) is 17.4 Å². The fraction of sp³-hybridized carbons (Fsp3) is 0.500. The lowest BCUT2D eigenvalue weighted by Crippen LogP contribution is -2.48. The van der Waals surface area contributed by atoms with Gasteiger partial charge < -0.3 is 25.0 Å². The first kappa shape index (κ1) is 35.3. The summed E-state index contributed by atoms with van der Waals surface area (Å²) < 4.78 is 22.8. The number of aliphatic carboxylic acids is 1. The SMILES string of the molecule is CN(C)C(=O)[C@@H]1CCCN1[C@H]1C[C@@H](COC2CCC(C(=O)O)CC2)N(C(=O)Cc2cc(Cl)c(NC(=O)c3csc4ccccc34)cc2F)C1. The Morgan fingerprint density at radius 1 is 1.10 bits per heavy atom. The lowest BCUT2D eigenvalue weighted by Gasteiger charge is -2.31. The highest BCUT2D eigenvalue weighted by Gasteiger charge is 2.44. The summed E-state index contributed by atoms with van der Waals surface area (Å²) in [6, 6.07) is 9.47. The largest absolute Gasteiger partial charge is 0.481 e. The van der Waals surface area contributed by atoms with E-state index in [9.17, 15) is 24.3 Å². The van der Waals surface area contributed by atoms with E-state index >= 15 is 4.39 Å². The molecule has 0 bridgehead atoms. The molecule has 10 nitrogen and oxygen atoms in total. The van der Waals surface area contributed by atoms with Crippen molar-refractivity contribution in [1.29, 1.82) is 0 Å². The Balaban J connectivity index is 1.15. The van der Waals surface area contributed by atoms with Crippen LogP contribution in [0.2, 0.25) is 5.02 Å². The molecule has 3 fully saturated rings. The number of benzene rings is 2. The van der Waals surface area contributed by atoms with Gasteiger partial charge in [-0.1, -0.05) is 29.8 Å². The molecule has 2 aliphatic heterocycles. The molecule has 2 saturated heterocycles. The van der Waals surface area contributed by atoms with Crippen molar-refractivity contribution in [3.05, 3.63) is 63.7 Å². The van der Waals surface area contributed by atoms with Crippen LogP contribution in [0.5, 0.6) is 0 Å². The van der Waals surface area contributed by atoms with E-state index in [1.807, 2.05) is 24.3 Å². The molecule has 1 aliphatic carbocycles. The van der Waals surface area contributed by atoms with Gasteiger partial charge in [0.1, 0.15) is 5.82 Å². The molecule has 3 heterocycles. The van der Waals surface area contributed by atoms with E-state index in [4.69, 9.17) is 16.3 Å². The first-order valence-electron chi connectivity index (χ1n) is 16.9. The maximum atomic E-state index is 15.5. The zero-order valence-electron chi connectivity index (χ0n) is 27.7. The van der Waals surface area contributed by atoms with Crippen LogP contribution in [0, 0.1) is 11.7 Å². The smallest absolute Gasteiger partial charge is 0.306 e. The highest BCUT2D eigenvalue weighted by atomic mass is 35.5. The van der Waals surface area contributed by atoms with Gasteiger partial charge in [-0.05, 0) is 75.3 Å². The number of likely N-dealkylation sites (tertiary alicyclic amines) is 2. The molecule has 0 radical (unpaired) electrons. The second-order valence-corrected chi connectivity index (χ2v) is 14.9. The van der Waals surface area contributed by atoms with E-state index in [0.29, 0.717) is 44.2 Å². The summed E-state index contributed by atoms with van der Waals surface area (Å²) in [6.45, 7) is 1.41. The molecule has 2 N–H and O–H groups in total. The summed E-state index contributed by atoms with van der Waals surface area (Å²) in [5.74, 6) is -2.43. The van der Waals surface area contributed by atoms with E-state index in [-0.39, 0.29) is 71.3 Å². The lowest BCUT2D eigenvalue weighted by atomic mass is 9.87. The molecule has 6 rings (SSSR count). The predicted molar refractivity (Wildman–Crippen MR) is 187 cm³/mol. The molecular formula is C36H42ClFN4O6S. The molecule has 3 aliphatic rings. The Labute approximate surface area is 294 Å². The molecule has 0 unspecified atom stereocenters. The second-order valence-electron chi connectivity index (χ2n) is 13.6. The molecule has 13 heteroatoms. The molecular weight excluding hydrogens is 671 g/mol. The van der Waals surface area contributed by atoms with Crippen LogP contribution in [-0.4, -0.2) is 102 Å². The van der Waals surface area contributed by atoms with E-state index < -0.39 is 17.7 Å². The van der Waals surface area contributed by atoms with Crippen LogP contribution in [0.1, 0.15) is 60.9 Å². The molecule has 262 valence electrons. The van der Waals surface area contributed by atoms with E-state index in [1.54, 1.807) is 29.3 Å². The number of carboxylic acid groups (broad SMARTS) is 1. The Morgan fingerprint density at radius 2 is 1.86 bits per heavy atom. The van der Waals surface area contributed by atoms with Gasteiger partial charge in [-0.2, -0.15) is 0 Å². The Morgan fingerprint density at radius 3 is 2.59 bits per heavy atom. The van der Waals surface area contributed by atoms with Crippen LogP contribution in [0.15, 0.2) is 41.8 Å². The predicted octanol–water partition coefficient (Wildman–Crippen LogP) is 5.67. The second kappa shape index (κ2) is 15.1. The minimum absolute atomic E-state index is 0.0429. The quantitative estimate of drug-likeness (QED) is 0.278. The van der Waals surface area contributed by atoms with Crippen LogP contribution in [0.3, 0.4) is 0 Å². The van der Waals surface area contributed by atoms with Crippen molar-refractivity contribution in [3.63, 3.8) is 0 Å². The van der Waals surface area contributed by atoms with Crippen molar-refractivity contribution in [2.24, 2.45) is 5.92 Å². The van der Waals surface area contributed by atoms with Crippen LogP contribution < -0.4 is 5.32 Å². The number of anilines is 1. The number of fused-ring (bicyclic) bond motifs is 1. The number of amides is 3. The standard InChI is InChI=1S/C36H42ClFN4O6S/c1-40(2)35(45)31-7-5-13-41(31)23-16-24(19-48-25-11-9-21(10-12-25)36(46)47)42(18-23)33(43)15-22-14-28(37)30(17-29(22)38)39-34(44)27-20-49-32-8-4-3-6-26(27)32/h3-4,6,8,14,17,20-21,23-25,31H,5,7,9-13,15-16,18-19H2,1-2H3,(H,39,44)(H,46,47)/t21?,23-,24-,25?,31-/m0/s1. The molecule has 3 aromatic rings. The van der Waals surface area contributed by atoms with Gasteiger partial charge >= 0.3 is 5.97 Å². The highest BCUT2D eigenvalue weighted by molar-refractivity contribution is 7.17. The topological polar surface area (TPSA) is 119 Å². The fourth-order valence-electron chi connectivity index (χ4n) is 7.54. The number of ether oxygens (including phenoxy) is 1. The monoisotopic (exact) mass is 712 g/mol. The van der Waals surface area contributed by atoms with Crippen LogP contribution in [-0.2, 0) is 25.5 Å². The van der Waals surface area contributed by atoms with Crippen molar-refractivity contribution in [1.82, 2.24) is 14.7 Å². The summed E-state index contributed by atoms with van der Waals surface area (Å²) >= 11 is 7.98. The molecule has 1 aromatic heterocycles. The average molecular weight is 713 g/mol. The zero-order chi connectivity index (χ0) is 34.8. The van der Waals surface area contributed by atoms with Gasteiger partial charge in [-0.3, -0.25) is 24.1 Å². The third kappa shape index (κ3) is 7.77. The van der Waals surface area contributed by atoms with Crippen LogP contribution >= 0.6 is 22.9 Å². The number of nitrogens with one attached hydrogen (secondary N) is 1. The Hall–Kier alpha value is -3.58. The maximum absolute atomic E-state index is 15.5. The number of carbonyl (C=O) groups is 4. The van der Waals surface area contributed by atoms with Crippen molar-refractivity contribution < 1.29 is 33.4 Å².